The zero-order chi connectivity index (χ0) is 10.8. The molecule has 1 fully saturated rings. The standard InChI is InChI=1S/C10H11ClO3S/c11-9-8(6-1-3-14-4-2-6)7(5-15-9)10(12)13/h5-6H,1-4H2,(H,12,13). The molecule has 1 N–H and O–H groups in total. The minimum absolute atomic E-state index is 0.239. The Morgan fingerprint density at radius 2 is 2.20 bits per heavy atom. The second-order valence-corrected chi connectivity index (χ2v) is 5.01. The van der Waals surface area contributed by atoms with E-state index in [0.29, 0.717) is 23.1 Å². The highest BCUT2D eigenvalue weighted by Gasteiger charge is 2.25. The van der Waals surface area contributed by atoms with Gasteiger partial charge in [0, 0.05) is 18.6 Å². The lowest BCUT2D eigenvalue weighted by Gasteiger charge is -2.22. The lowest BCUT2D eigenvalue weighted by molar-refractivity contribution is 0.0686. The van der Waals surface area contributed by atoms with Crippen molar-refractivity contribution in [2.24, 2.45) is 0 Å². The molecule has 0 aromatic carbocycles. The molecule has 0 saturated carbocycles. The van der Waals surface area contributed by atoms with Crippen LogP contribution in [0.15, 0.2) is 5.38 Å². The van der Waals surface area contributed by atoms with Crippen LogP contribution < -0.4 is 0 Å². The van der Waals surface area contributed by atoms with E-state index in [2.05, 4.69) is 0 Å². The van der Waals surface area contributed by atoms with Crippen molar-refractivity contribution in [2.75, 3.05) is 13.2 Å². The van der Waals surface area contributed by atoms with Crippen molar-refractivity contribution in [1.82, 2.24) is 0 Å². The number of carboxylic acids is 1. The van der Waals surface area contributed by atoms with Gasteiger partial charge in [0.05, 0.1) is 9.90 Å². The van der Waals surface area contributed by atoms with E-state index < -0.39 is 5.97 Å². The topological polar surface area (TPSA) is 46.5 Å². The van der Waals surface area contributed by atoms with Gasteiger partial charge >= 0.3 is 5.97 Å². The molecule has 0 radical (unpaired) electrons. The van der Waals surface area contributed by atoms with Gasteiger partial charge in [-0.2, -0.15) is 0 Å². The quantitative estimate of drug-likeness (QED) is 0.873. The summed E-state index contributed by atoms with van der Waals surface area (Å²) in [6.45, 7) is 1.38. The Kier molecular flexibility index (Phi) is 3.29. The predicted molar refractivity (Wildman–Crippen MR) is 59.1 cm³/mol. The molecule has 1 aromatic rings. The Morgan fingerprint density at radius 3 is 2.80 bits per heavy atom. The maximum Gasteiger partial charge on any atom is 0.336 e. The number of carboxylic acid groups (broad SMARTS) is 1. The Balaban J connectivity index is 2.32. The molecule has 1 aliphatic rings. The van der Waals surface area contributed by atoms with Crippen molar-refractivity contribution in [3.63, 3.8) is 0 Å². The van der Waals surface area contributed by atoms with Crippen molar-refractivity contribution >= 4 is 28.9 Å². The molecule has 0 unspecified atom stereocenters. The van der Waals surface area contributed by atoms with Gasteiger partial charge in [-0.25, -0.2) is 4.79 Å². The molecular formula is C10H11ClO3S. The average molecular weight is 247 g/mol. The van der Waals surface area contributed by atoms with Crippen LogP contribution in [-0.2, 0) is 4.74 Å². The van der Waals surface area contributed by atoms with Crippen molar-refractivity contribution in [3.05, 3.63) is 20.8 Å². The molecule has 3 nitrogen and oxygen atoms in total. The summed E-state index contributed by atoms with van der Waals surface area (Å²) in [6, 6.07) is 0. The number of halogens is 1. The van der Waals surface area contributed by atoms with Crippen LogP contribution in [0, 0.1) is 0 Å². The van der Waals surface area contributed by atoms with E-state index in [0.717, 1.165) is 18.4 Å². The van der Waals surface area contributed by atoms with E-state index in [9.17, 15) is 4.79 Å². The van der Waals surface area contributed by atoms with Crippen LogP contribution in [0.1, 0.15) is 34.7 Å². The highest BCUT2D eigenvalue weighted by atomic mass is 35.5. The summed E-state index contributed by atoms with van der Waals surface area (Å²) in [7, 11) is 0. The number of hydrogen-bond acceptors (Lipinski definition) is 3. The lowest BCUT2D eigenvalue weighted by atomic mass is 9.91. The van der Waals surface area contributed by atoms with E-state index in [1.165, 1.54) is 11.3 Å². The average Bonchev–Trinajstić information content (AvgIpc) is 2.61. The third kappa shape index (κ3) is 2.17. The molecule has 1 aliphatic heterocycles. The van der Waals surface area contributed by atoms with Crippen LogP contribution in [-0.4, -0.2) is 24.3 Å². The van der Waals surface area contributed by atoms with Gasteiger partial charge in [0.15, 0.2) is 0 Å². The smallest absolute Gasteiger partial charge is 0.336 e. The summed E-state index contributed by atoms with van der Waals surface area (Å²) in [5.74, 6) is -0.650. The minimum atomic E-state index is -0.889. The molecule has 15 heavy (non-hydrogen) atoms. The van der Waals surface area contributed by atoms with Gasteiger partial charge in [-0.15, -0.1) is 11.3 Å². The summed E-state index contributed by atoms with van der Waals surface area (Å²) in [5, 5.41) is 10.6. The van der Waals surface area contributed by atoms with Crippen molar-refractivity contribution < 1.29 is 14.6 Å². The first-order valence-electron chi connectivity index (χ1n) is 4.78. The van der Waals surface area contributed by atoms with Crippen LogP contribution in [0.4, 0.5) is 0 Å². The van der Waals surface area contributed by atoms with Crippen LogP contribution in [0.3, 0.4) is 0 Å². The van der Waals surface area contributed by atoms with Gasteiger partial charge < -0.3 is 9.84 Å². The van der Waals surface area contributed by atoms with E-state index in [4.69, 9.17) is 21.4 Å². The molecule has 0 aliphatic carbocycles. The second-order valence-electron chi connectivity index (χ2n) is 3.53. The lowest BCUT2D eigenvalue weighted by Crippen LogP contribution is -2.16. The summed E-state index contributed by atoms with van der Waals surface area (Å²) in [5.41, 5.74) is 1.16. The number of hydrogen-bond donors (Lipinski definition) is 1. The van der Waals surface area contributed by atoms with E-state index in [1.807, 2.05) is 0 Å². The molecule has 82 valence electrons. The van der Waals surface area contributed by atoms with Gasteiger partial charge in [-0.1, -0.05) is 11.6 Å². The molecule has 1 saturated heterocycles. The Labute approximate surface area is 96.6 Å². The normalized spacial score (nSPS) is 17.9. The maximum absolute atomic E-state index is 11.0. The number of rotatable bonds is 2. The highest BCUT2D eigenvalue weighted by molar-refractivity contribution is 7.14. The molecule has 0 spiro atoms. The molecule has 5 heteroatoms. The largest absolute Gasteiger partial charge is 0.478 e. The zero-order valence-corrected chi connectivity index (χ0v) is 9.61. The van der Waals surface area contributed by atoms with Crippen molar-refractivity contribution in [3.8, 4) is 0 Å². The van der Waals surface area contributed by atoms with E-state index in [-0.39, 0.29) is 5.92 Å². The first-order chi connectivity index (χ1) is 7.20. The summed E-state index contributed by atoms with van der Waals surface area (Å²) >= 11 is 7.33. The number of ether oxygens (including phenoxy) is 1. The highest BCUT2D eigenvalue weighted by Crippen LogP contribution is 2.38. The first kappa shape index (κ1) is 10.9. The van der Waals surface area contributed by atoms with Gasteiger partial charge in [-0.3, -0.25) is 0 Å². The Bertz CT molecular complexity index is 369. The van der Waals surface area contributed by atoms with Crippen LogP contribution in [0.2, 0.25) is 4.34 Å². The van der Waals surface area contributed by atoms with Gasteiger partial charge in [0.1, 0.15) is 0 Å². The van der Waals surface area contributed by atoms with Crippen LogP contribution in [0.25, 0.3) is 0 Å². The predicted octanol–water partition coefficient (Wildman–Crippen LogP) is 2.99. The fourth-order valence-corrected chi connectivity index (χ4v) is 3.12. The first-order valence-corrected chi connectivity index (χ1v) is 6.04. The fourth-order valence-electron chi connectivity index (χ4n) is 1.88. The van der Waals surface area contributed by atoms with Gasteiger partial charge in [0.2, 0.25) is 0 Å². The second kappa shape index (κ2) is 4.51. The van der Waals surface area contributed by atoms with Crippen molar-refractivity contribution in [2.45, 2.75) is 18.8 Å². The Morgan fingerprint density at radius 1 is 1.53 bits per heavy atom. The van der Waals surface area contributed by atoms with Gasteiger partial charge in [-0.05, 0) is 24.3 Å². The fraction of sp³-hybridized carbons (Fsp3) is 0.500. The molecule has 1 aromatic heterocycles. The summed E-state index contributed by atoms with van der Waals surface area (Å²) in [4.78, 5) is 11.0. The maximum atomic E-state index is 11.0. The number of carbonyl (C=O) groups is 1. The van der Waals surface area contributed by atoms with E-state index >= 15 is 0 Å². The van der Waals surface area contributed by atoms with Crippen LogP contribution in [0.5, 0.6) is 0 Å². The molecule has 0 amide bonds. The number of thiophene rings is 1. The monoisotopic (exact) mass is 246 g/mol. The van der Waals surface area contributed by atoms with Crippen LogP contribution >= 0.6 is 22.9 Å². The van der Waals surface area contributed by atoms with Gasteiger partial charge in [0.25, 0.3) is 0 Å². The SMILES string of the molecule is O=C(O)c1csc(Cl)c1C1CCOCC1. The molecule has 2 heterocycles. The Hall–Kier alpha value is -0.580. The molecular weight excluding hydrogens is 236 g/mol. The molecule has 0 bridgehead atoms. The summed E-state index contributed by atoms with van der Waals surface area (Å²) in [6.07, 6.45) is 1.72. The zero-order valence-electron chi connectivity index (χ0n) is 8.03. The van der Waals surface area contributed by atoms with E-state index in [1.54, 1.807) is 5.38 Å². The van der Waals surface area contributed by atoms with Crippen molar-refractivity contribution in [1.29, 1.82) is 0 Å². The third-order valence-corrected chi connectivity index (χ3v) is 3.89. The molecule has 0 atom stereocenters. The third-order valence-electron chi connectivity index (χ3n) is 2.64. The minimum Gasteiger partial charge on any atom is -0.478 e. The summed E-state index contributed by atoms with van der Waals surface area (Å²) < 4.78 is 5.86. The number of aromatic carboxylic acids is 1. The molecule has 2 rings (SSSR count).